The van der Waals surface area contributed by atoms with Crippen LogP contribution in [0.25, 0.3) is 22.2 Å². The fourth-order valence-electron chi connectivity index (χ4n) is 2.24. The second kappa shape index (κ2) is 4.73. The van der Waals surface area contributed by atoms with Crippen LogP contribution >= 0.6 is 0 Å². The third-order valence-electron chi connectivity index (χ3n) is 3.34. The molecule has 0 radical (unpaired) electrons. The van der Waals surface area contributed by atoms with Crippen molar-refractivity contribution < 1.29 is 5.11 Å². The van der Waals surface area contributed by atoms with Crippen molar-refractivity contribution in [2.75, 3.05) is 0 Å². The van der Waals surface area contributed by atoms with E-state index in [-0.39, 0.29) is 5.75 Å². The van der Waals surface area contributed by atoms with Gasteiger partial charge in [0.15, 0.2) is 0 Å². The summed E-state index contributed by atoms with van der Waals surface area (Å²) in [6.07, 6.45) is 1.02. The quantitative estimate of drug-likeness (QED) is 0.739. The SMILES string of the molecule is CCc1ccc2nc(-c3ccccc3O)ccc2c1. The number of rotatable bonds is 2. The van der Waals surface area contributed by atoms with Gasteiger partial charge in [0.25, 0.3) is 0 Å². The van der Waals surface area contributed by atoms with Gasteiger partial charge in [-0.25, -0.2) is 4.98 Å². The fourth-order valence-corrected chi connectivity index (χ4v) is 2.24. The summed E-state index contributed by atoms with van der Waals surface area (Å²) in [6.45, 7) is 2.14. The Morgan fingerprint density at radius 2 is 1.84 bits per heavy atom. The van der Waals surface area contributed by atoms with Crippen molar-refractivity contribution in [3.8, 4) is 17.0 Å². The van der Waals surface area contributed by atoms with Crippen LogP contribution in [0.15, 0.2) is 54.6 Å². The van der Waals surface area contributed by atoms with Gasteiger partial charge in [0.1, 0.15) is 5.75 Å². The molecule has 0 aliphatic heterocycles. The van der Waals surface area contributed by atoms with Crippen LogP contribution < -0.4 is 0 Å². The molecule has 1 heterocycles. The number of pyridine rings is 1. The minimum atomic E-state index is 0.263. The Labute approximate surface area is 112 Å². The van der Waals surface area contributed by atoms with Gasteiger partial charge in [-0.1, -0.05) is 31.2 Å². The predicted octanol–water partition coefficient (Wildman–Crippen LogP) is 4.17. The molecule has 0 amide bonds. The fraction of sp³-hybridized carbons (Fsp3) is 0.118. The van der Waals surface area contributed by atoms with E-state index in [0.717, 1.165) is 28.6 Å². The summed E-state index contributed by atoms with van der Waals surface area (Å²) in [4.78, 5) is 4.62. The van der Waals surface area contributed by atoms with E-state index in [1.165, 1.54) is 5.56 Å². The molecule has 2 nitrogen and oxygen atoms in total. The van der Waals surface area contributed by atoms with Gasteiger partial charge in [0.2, 0.25) is 0 Å². The standard InChI is InChI=1S/C17H15NO/c1-2-12-7-9-15-13(11-12)8-10-16(18-15)14-5-3-4-6-17(14)19/h3-11,19H,2H2,1H3. The number of hydrogen-bond acceptors (Lipinski definition) is 2. The lowest BCUT2D eigenvalue weighted by Gasteiger charge is -2.06. The molecule has 0 unspecified atom stereocenters. The molecule has 1 N–H and O–H groups in total. The minimum Gasteiger partial charge on any atom is -0.507 e. The van der Waals surface area contributed by atoms with Crippen molar-refractivity contribution in [3.05, 3.63) is 60.2 Å². The first-order chi connectivity index (χ1) is 9.28. The predicted molar refractivity (Wildman–Crippen MR) is 78.2 cm³/mol. The van der Waals surface area contributed by atoms with Gasteiger partial charge in [-0.3, -0.25) is 0 Å². The van der Waals surface area contributed by atoms with E-state index < -0.39 is 0 Å². The zero-order valence-electron chi connectivity index (χ0n) is 10.8. The summed E-state index contributed by atoms with van der Waals surface area (Å²) in [6, 6.07) is 17.6. The first-order valence-electron chi connectivity index (χ1n) is 6.46. The van der Waals surface area contributed by atoms with Crippen LogP contribution in [-0.2, 0) is 6.42 Å². The molecule has 3 aromatic rings. The lowest BCUT2D eigenvalue weighted by atomic mass is 10.1. The Morgan fingerprint density at radius 1 is 1.00 bits per heavy atom. The largest absolute Gasteiger partial charge is 0.507 e. The third-order valence-corrected chi connectivity index (χ3v) is 3.34. The first kappa shape index (κ1) is 11.7. The molecule has 0 saturated heterocycles. The molecule has 2 aromatic carbocycles. The summed E-state index contributed by atoms with van der Waals surface area (Å²) in [5.74, 6) is 0.263. The molecular formula is C17H15NO. The molecule has 19 heavy (non-hydrogen) atoms. The Bertz CT molecular complexity index is 734. The van der Waals surface area contributed by atoms with Crippen LogP contribution in [-0.4, -0.2) is 10.1 Å². The molecule has 0 bridgehead atoms. The summed E-state index contributed by atoms with van der Waals surface area (Å²) in [5.41, 5.74) is 3.83. The highest BCUT2D eigenvalue weighted by atomic mass is 16.3. The van der Waals surface area contributed by atoms with Crippen molar-refractivity contribution in [2.24, 2.45) is 0 Å². The molecular weight excluding hydrogens is 234 g/mol. The minimum absolute atomic E-state index is 0.263. The molecule has 0 aliphatic rings. The molecule has 1 aromatic heterocycles. The van der Waals surface area contributed by atoms with Crippen LogP contribution in [0.1, 0.15) is 12.5 Å². The maximum Gasteiger partial charge on any atom is 0.124 e. The van der Waals surface area contributed by atoms with E-state index >= 15 is 0 Å². The number of fused-ring (bicyclic) bond motifs is 1. The normalized spacial score (nSPS) is 10.8. The highest BCUT2D eigenvalue weighted by molar-refractivity contribution is 5.83. The maximum atomic E-state index is 9.88. The number of phenols is 1. The van der Waals surface area contributed by atoms with Crippen LogP contribution in [0.3, 0.4) is 0 Å². The van der Waals surface area contributed by atoms with Crippen LogP contribution in [0.5, 0.6) is 5.75 Å². The molecule has 0 aliphatic carbocycles. The van der Waals surface area contributed by atoms with Crippen LogP contribution in [0.2, 0.25) is 0 Å². The second-order valence-corrected chi connectivity index (χ2v) is 4.59. The molecule has 3 rings (SSSR count). The maximum absolute atomic E-state index is 9.88. The highest BCUT2D eigenvalue weighted by Gasteiger charge is 2.05. The number of benzene rings is 2. The van der Waals surface area contributed by atoms with Gasteiger partial charge in [-0.15, -0.1) is 0 Å². The number of aromatic hydroxyl groups is 1. The average molecular weight is 249 g/mol. The Hall–Kier alpha value is -2.35. The molecule has 0 saturated carbocycles. The van der Waals surface area contributed by atoms with Crippen molar-refractivity contribution in [3.63, 3.8) is 0 Å². The summed E-state index contributed by atoms with van der Waals surface area (Å²) >= 11 is 0. The number of aryl methyl sites for hydroxylation is 1. The number of aromatic nitrogens is 1. The van der Waals surface area contributed by atoms with Gasteiger partial charge in [0, 0.05) is 10.9 Å². The van der Waals surface area contributed by atoms with E-state index in [9.17, 15) is 5.11 Å². The van der Waals surface area contributed by atoms with Gasteiger partial charge < -0.3 is 5.11 Å². The second-order valence-electron chi connectivity index (χ2n) is 4.59. The summed E-state index contributed by atoms with van der Waals surface area (Å²) < 4.78 is 0. The molecule has 0 fully saturated rings. The average Bonchev–Trinajstić information content (AvgIpc) is 2.46. The lowest BCUT2D eigenvalue weighted by molar-refractivity contribution is 0.477. The number of hydrogen-bond donors (Lipinski definition) is 1. The first-order valence-corrected chi connectivity index (χ1v) is 6.46. The molecule has 2 heteroatoms. The Morgan fingerprint density at radius 3 is 2.63 bits per heavy atom. The third kappa shape index (κ3) is 2.17. The van der Waals surface area contributed by atoms with Gasteiger partial charge >= 0.3 is 0 Å². The van der Waals surface area contributed by atoms with E-state index in [2.05, 4.69) is 30.1 Å². The number of phenolic OH excluding ortho intramolecular Hbond substituents is 1. The zero-order valence-corrected chi connectivity index (χ0v) is 10.8. The van der Waals surface area contributed by atoms with Crippen molar-refractivity contribution in [1.82, 2.24) is 4.98 Å². The Kier molecular flexibility index (Phi) is 2.92. The topological polar surface area (TPSA) is 33.1 Å². The summed E-state index contributed by atoms with van der Waals surface area (Å²) in [5, 5.41) is 11.0. The number of para-hydroxylation sites is 1. The Balaban J connectivity index is 2.15. The van der Waals surface area contributed by atoms with Gasteiger partial charge in [-0.05, 0) is 42.3 Å². The monoisotopic (exact) mass is 249 g/mol. The lowest BCUT2D eigenvalue weighted by Crippen LogP contribution is -1.87. The zero-order chi connectivity index (χ0) is 13.2. The van der Waals surface area contributed by atoms with Gasteiger partial charge in [0.05, 0.1) is 11.2 Å². The smallest absolute Gasteiger partial charge is 0.124 e. The molecule has 94 valence electrons. The van der Waals surface area contributed by atoms with Crippen LogP contribution in [0.4, 0.5) is 0 Å². The van der Waals surface area contributed by atoms with E-state index in [4.69, 9.17) is 0 Å². The van der Waals surface area contributed by atoms with Crippen LogP contribution in [0, 0.1) is 0 Å². The van der Waals surface area contributed by atoms with E-state index in [1.54, 1.807) is 6.07 Å². The van der Waals surface area contributed by atoms with Crippen molar-refractivity contribution >= 4 is 10.9 Å². The highest BCUT2D eigenvalue weighted by Crippen LogP contribution is 2.28. The van der Waals surface area contributed by atoms with Crippen molar-refractivity contribution in [1.29, 1.82) is 0 Å². The van der Waals surface area contributed by atoms with Crippen molar-refractivity contribution in [2.45, 2.75) is 13.3 Å². The van der Waals surface area contributed by atoms with Gasteiger partial charge in [-0.2, -0.15) is 0 Å². The molecule has 0 spiro atoms. The molecule has 0 atom stereocenters. The summed E-state index contributed by atoms with van der Waals surface area (Å²) in [7, 11) is 0. The van der Waals surface area contributed by atoms with E-state index in [0.29, 0.717) is 0 Å². The van der Waals surface area contributed by atoms with E-state index in [1.807, 2.05) is 30.3 Å². The number of nitrogens with zero attached hydrogens (tertiary/aromatic N) is 1.